The van der Waals surface area contributed by atoms with E-state index in [0.29, 0.717) is 5.92 Å². The van der Waals surface area contributed by atoms with E-state index in [4.69, 9.17) is 9.84 Å². The first-order chi connectivity index (χ1) is 6.43. The van der Waals surface area contributed by atoms with Crippen molar-refractivity contribution in [1.29, 1.82) is 0 Å². The second-order valence-electron chi connectivity index (χ2n) is 4.90. The van der Waals surface area contributed by atoms with Crippen LogP contribution in [0.1, 0.15) is 46.5 Å². The monoisotopic (exact) mass is 200 g/mol. The van der Waals surface area contributed by atoms with Gasteiger partial charge in [0, 0.05) is 0 Å². The summed E-state index contributed by atoms with van der Waals surface area (Å²) >= 11 is 0. The zero-order valence-electron chi connectivity index (χ0n) is 9.25. The summed E-state index contributed by atoms with van der Waals surface area (Å²) in [5.74, 6) is 1.44. The molecule has 1 aliphatic carbocycles. The molecule has 1 N–H and O–H groups in total. The molecule has 0 amide bonds. The Hall–Kier alpha value is -0.730. The van der Waals surface area contributed by atoms with Crippen molar-refractivity contribution in [2.24, 2.45) is 11.8 Å². The summed E-state index contributed by atoms with van der Waals surface area (Å²) < 4.78 is 4.92. The number of ether oxygens (including phenoxy) is 1. The van der Waals surface area contributed by atoms with E-state index >= 15 is 0 Å². The quantitative estimate of drug-likeness (QED) is 0.696. The number of carbonyl (C=O) groups is 1. The molecule has 14 heavy (non-hydrogen) atoms. The largest absolute Gasteiger partial charge is 0.506 e. The molecule has 1 rings (SSSR count). The second-order valence-corrected chi connectivity index (χ2v) is 4.90. The first kappa shape index (κ1) is 11.3. The Morgan fingerprint density at radius 3 is 2.29 bits per heavy atom. The Balaban J connectivity index is 2.44. The maximum absolute atomic E-state index is 10.5. The minimum atomic E-state index is -1.14. The molecular formula is C11H20O3. The third-order valence-corrected chi connectivity index (χ3v) is 3.36. The fourth-order valence-electron chi connectivity index (χ4n) is 2.23. The zero-order valence-corrected chi connectivity index (χ0v) is 9.25. The van der Waals surface area contributed by atoms with Crippen LogP contribution in [-0.2, 0) is 4.74 Å². The van der Waals surface area contributed by atoms with E-state index < -0.39 is 11.8 Å². The van der Waals surface area contributed by atoms with Gasteiger partial charge in [0.25, 0.3) is 0 Å². The van der Waals surface area contributed by atoms with Crippen molar-refractivity contribution in [3.05, 3.63) is 0 Å². The maximum atomic E-state index is 10.5. The van der Waals surface area contributed by atoms with Crippen molar-refractivity contribution >= 4 is 6.16 Å². The molecule has 0 bridgehead atoms. The molecule has 0 aliphatic heterocycles. The standard InChI is InChI=1S/C11H20O3/c1-8(2)9-4-6-11(3,7-5-9)14-10(12)13/h8-9H,4-7H2,1-3H3,(H,12,13). The lowest BCUT2D eigenvalue weighted by Gasteiger charge is -2.37. The van der Waals surface area contributed by atoms with Gasteiger partial charge in [0.15, 0.2) is 0 Å². The predicted octanol–water partition coefficient (Wildman–Crippen LogP) is 3.29. The average molecular weight is 200 g/mol. The van der Waals surface area contributed by atoms with Crippen molar-refractivity contribution in [2.75, 3.05) is 0 Å². The van der Waals surface area contributed by atoms with Crippen LogP contribution in [0, 0.1) is 11.8 Å². The van der Waals surface area contributed by atoms with E-state index in [9.17, 15) is 4.79 Å². The Bertz CT molecular complexity index is 203. The van der Waals surface area contributed by atoms with Crippen molar-refractivity contribution in [3.8, 4) is 0 Å². The molecule has 0 aromatic rings. The van der Waals surface area contributed by atoms with Gasteiger partial charge in [-0.05, 0) is 44.4 Å². The lowest BCUT2D eigenvalue weighted by molar-refractivity contribution is -0.0406. The van der Waals surface area contributed by atoms with Crippen molar-refractivity contribution in [3.63, 3.8) is 0 Å². The van der Waals surface area contributed by atoms with Crippen LogP contribution in [0.2, 0.25) is 0 Å². The molecule has 0 unspecified atom stereocenters. The summed E-state index contributed by atoms with van der Waals surface area (Å²) in [7, 11) is 0. The number of rotatable bonds is 2. The number of hydrogen-bond donors (Lipinski definition) is 1. The SMILES string of the molecule is CC(C)C1CCC(C)(OC(=O)O)CC1. The van der Waals surface area contributed by atoms with Crippen LogP contribution in [-0.4, -0.2) is 16.9 Å². The summed E-state index contributed by atoms with van der Waals surface area (Å²) in [4.78, 5) is 10.5. The predicted molar refractivity (Wildman–Crippen MR) is 54.3 cm³/mol. The topological polar surface area (TPSA) is 46.5 Å². The highest BCUT2D eigenvalue weighted by molar-refractivity contribution is 5.57. The van der Waals surface area contributed by atoms with Gasteiger partial charge < -0.3 is 9.84 Å². The van der Waals surface area contributed by atoms with E-state index in [1.807, 2.05) is 6.92 Å². The maximum Gasteiger partial charge on any atom is 0.506 e. The molecule has 0 spiro atoms. The summed E-state index contributed by atoms with van der Waals surface area (Å²) in [6.45, 7) is 6.36. The van der Waals surface area contributed by atoms with Crippen molar-refractivity contribution in [1.82, 2.24) is 0 Å². The number of carboxylic acid groups (broad SMARTS) is 1. The van der Waals surface area contributed by atoms with Gasteiger partial charge in [-0.1, -0.05) is 13.8 Å². The molecule has 0 aromatic heterocycles. The van der Waals surface area contributed by atoms with Crippen LogP contribution in [0.15, 0.2) is 0 Å². The van der Waals surface area contributed by atoms with E-state index in [1.54, 1.807) is 0 Å². The molecule has 1 fully saturated rings. The summed E-state index contributed by atoms with van der Waals surface area (Å²) in [6, 6.07) is 0. The Morgan fingerprint density at radius 2 is 1.93 bits per heavy atom. The molecule has 3 heteroatoms. The summed E-state index contributed by atoms with van der Waals surface area (Å²) in [5, 5.41) is 8.58. The normalized spacial score (nSPS) is 33.0. The van der Waals surface area contributed by atoms with Crippen LogP contribution in [0.5, 0.6) is 0 Å². The zero-order chi connectivity index (χ0) is 10.8. The molecule has 1 aliphatic rings. The molecule has 3 nitrogen and oxygen atoms in total. The highest BCUT2D eigenvalue weighted by Crippen LogP contribution is 2.37. The van der Waals surface area contributed by atoms with Gasteiger partial charge >= 0.3 is 6.16 Å². The van der Waals surface area contributed by atoms with Gasteiger partial charge in [0.05, 0.1) is 0 Å². The molecule has 0 heterocycles. The average Bonchev–Trinajstić information content (AvgIpc) is 2.02. The fourth-order valence-corrected chi connectivity index (χ4v) is 2.23. The van der Waals surface area contributed by atoms with Gasteiger partial charge in [-0.2, -0.15) is 0 Å². The Labute approximate surface area is 85.5 Å². The third kappa shape index (κ3) is 2.89. The van der Waals surface area contributed by atoms with Crippen LogP contribution < -0.4 is 0 Å². The fraction of sp³-hybridized carbons (Fsp3) is 0.909. The molecule has 0 radical (unpaired) electrons. The van der Waals surface area contributed by atoms with E-state index in [-0.39, 0.29) is 0 Å². The smallest absolute Gasteiger partial charge is 0.450 e. The summed E-state index contributed by atoms with van der Waals surface area (Å²) in [6.07, 6.45) is 2.75. The minimum Gasteiger partial charge on any atom is -0.450 e. The highest BCUT2D eigenvalue weighted by Gasteiger charge is 2.35. The van der Waals surface area contributed by atoms with Gasteiger partial charge in [0.1, 0.15) is 5.60 Å². The Morgan fingerprint density at radius 1 is 1.43 bits per heavy atom. The van der Waals surface area contributed by atoms with Crippen LogP contribution in [0.25, 0.3) is 0 Å². The van der Waals surface area contributed by atoms with Gasteiger partial charge in [-0.15, -0.1) is 0 Å². The first-order valence-electron chi connectivity index (χ1n) is 5.35. The minimum absolute atomic E-state index is 0.433. The van der Waals surface area contributed by atoms with E-state index in [1.165, 1.54) is 0 Å². The van der Waals surface area contributed by atoms with Crippen LogP contribution in [0.3, 0.4) is 0 Å². The molecule has 1 saturated carbocycles. The second kappa shape index (κ2) is 4.20. The van der Waals surface area contributed by atoms with Crippen LogP contribution >= 0.6 is 0 Å². The third-order valence-electron chi connectivity index (χ3n) is 3.36. The van der Waals surface area contributed by atoms with E-state index in [2.05, 4.69) is 13.8 Å². The van der Waals surface area contributed by atoms with Crippen LogP contribution in [0.4, 0.5) is 4.79 Å². The molecule has 0 aromatic carbocycles. The number of hydrogen-bond acceptors (Lipinski definition) is 2. The molecule has 0 saturated heterocycles. The van der Waals surface area contributed by atoms with Gasteiger partial charge in [-0.3, -0.25) is 0 Å². The lowest BCUT2D eigenvalue weighted by Crippen LogP contribution is -2.36. The Kier molecular flexibility index (Phi) is 3.40. The molecule has 0 atom stereocenters. The highest BCUT2D eigenvalue weighted by atomic mass is 16.7. The molecule has 82 valence electrons. The first-order valence-corrected chi connectivity index (χ1v) is 5.35. The van der Waals surface area contributed by atoms with Gasteiger partial charge in [-0.25, -0.2) is 4.79 Å². The van der Waals surface area contributed by atoms with E-state index in [0.717, 1.165) is 31.6 Å². The molecular weight excluding hydrogens is 180 g/mol. The lowest BCUT2D eigenvalue weighted by atomic mass is 9.75. The summed E-state index contributed by atoms with van der Waals surface area (Å²) in [5.41, 5.74) is -0.433. The van der Waals surface area contributed by atoms with Crippen molar-refractivity contribution in [2.45, 2.75) is 52.1 Å². The van der Waals surface area contributed by atoms with Crippen molar-refractivity contribution < 1.29 is 14.6 Å². The van der Waals surface area contributed by atoms with Gasteiger partial charge in [0.2, 0.25) is 0 Å².